The first kappa shape index (κ1) is 16.4. The molecule has 1 aliphatic rings. The summed E-state index contributed by atoms with van der Waals surface area (Å²) < 4.78 is 27.1. The van der Waals surface area contributed by atoms with Gasteiger partial charge in [0.2, 0.25) is 10.0 Å². The third-order valence-electron chi connectivity index (χ3n) is 4.03. The Morgan fingerprint density at radius 1 is 1.38 bits per heavy atom. The number of hydrogen-bond donors (Lipinski definition) is 2. The van der Waals surface area contributed by atoms with Crippen LogP contribution < -0.4 is 10.5 Å². The lowest BCUT2D eigenvalue weighted by Crippen LogP contribution is -2.38. The lowest BCUT2D eigenvalue weighted by atomic mass is 9.97. The first-order valence-corrected chi connectivity index (χ1v) is 8.90. The minimum Gasteiger partial charge on any atom is -0.325 e. The van der Waals surface area contributed by atoms with E-state index in [9.17, 15) is 8.42 Å². The summed E-state index contributed by atoms with van der Waals surface area (Å²) in [5, 5.41) is 0. The Morgan fingerprint density at radius 2 is 2.10 bits per heavy atom. The molecule has 2 heterocycles. The van der Waals surface area contributed by atoms with Crippen LogP contribution >= 0.6 is 0 Å². The molecule has 1 fully saturated rings. The van der Waals surface area contributed by atoms with Gasteiger partial charge in [0.25, 0.3) is 0 Å². The normalized spacial score (nSPS) is 18.0. The fraction of sp³-hybridized carbons (Fsp3) is 0.643. The second-order valence-electron chi connectivity index (χ2n) is 5.42. The van der Waals surface area contributed by atoms with Gasteiger partial charge in [0.1, 0.15) is 4.90 Å². The molecular weight excluding hydrogens is 288 g/mol. The van der Waals surface area contributed by atoms with E-state index in [1.807, 2.05) is 0 Å². The van der Waals surface area contributed by atoms with Crippen molar-refractivity contribution in [3.63, 3.8) is 0 Å². The molecule has 6 nitrogen and oxygen atoms in total. The molecule has 0 amide bonds. The van der Waals surface area contributed by atoms with Crippen molar-refractivity contribution >= 4 is 10.0 Å². The number of sulfonamides is 1. The van der Waals surface area contributed by atoms with Crippen LogP contribution in [0.2, 0.25) is 0 Å². The number of piperidine rings is 1. The van der Waals surface area contributed by atoms with E-state index in [4.69, 9.17) is 5.73 Å². The minimum atomic E-state index is -3.47. The van der Waals surface area contributed by atoms with E-state index < -0.39 is 10.0 Å². The molecule has 1 saturated heterocycles. The van der Waals surface area contributed by atoms with E-state index in [0.717, 1.165) is 32.5 Å². The van der Waals surface area contributed by atoms with Crippen molar-refractivity contribution in [2.24, 2.45) is 11.7 Å². The van der Waals surface area contributed by atoms with Crippen molar-refractivity contribution < 1.29 is 8.42 Å². The van der Waals surface area contributed by atoms with Crippen molar-refractivity contribution in [2.75, 3.05) is 26.2 Å². The van der Waals surface area contributed by atoms with Crippen LogP contribution in [0.4, 0.5) is 0 Å². The van der Waals surface area contributed by atoms with Gasteiger partial charge in [-0.15, -0.1) is 0 Å². The maximum absolute atomic E-state index is 12.2. The number of likely N-dealkylation sites (tertiary alicyclic amines) is 1. The summed E-state index contributed by atoms with van der Waals surface area (Å²) in [6.45, 7) is 6.13. The fourth-order valence-corrected chi connectivity index (χ4v) is 3.57. The zero-order valence-electron chi connectivity index (χ0n) is 12.5. The van der Waals surface area contributed by atoms with Crippen LogP contribution in [0.25, 0.3) is 0 Å². The summed E-state index contributed by atoms with van der Waals surface area (Å²) in [5.74, 6) is 0.416. The monoisotopic (exact) mass is 312 g/mol. The molecule has 1 aliphatic heterocycles. The molecule has 7 heteroatoms. The molecule has 21 heavy (non-hydrogen) atoms. The Hall–Kier alpha value is -1.02. The number of nitrogens with two attached hydrogens (primary N) is 1. The minimum absolute atomic E-state index is 0.200. The summed E-state index contributed by atoms with van der Waals surface area (Å²) in [5.41, 5.74) is 6.14. The van der Waals surface area contributed by atoms with Gasteiger partial charge in [0.05, 0.1) is 5.69 Å². The van der Waals surface area contributed by atoms with Gasteiger partial charge in [-0.25, -0.2) is 13.1 Å². The van der Waals surface area contributed by atoms with Gasteiger partial charge >= 0.3 is 0 Å². The number of nitrogens with zero attached hydrogens (tertiary/aromatic N) is 2. The smallest absolute Gasteiger partial charge is 0.242 e. The first-order valence-electron chi connectivity index (χ1n) is 7.42. The van der Waals surface area contributed by atoms with E-state index in [2.05, 4.69) is 21.5 Å². The third kappa shape index (κ3) is 4.47. The summed E-state index contributed by atoms with van der Waals surface area (Å²) in [7, 11) is -3.47. The highest BCUT2D eigenvalue weighted by molar-refractivity contribution is 7.89. The molecule has 1 aromatic rings. The predicted molar refractivity (Wildman–Crippen MR) is 82.2 cm³/mol. The highest BCUT2D eigenvalue weighted by Gasteiger charge is 2.21. The number of rotatable bonds is 6. The van der Waals surface area contributed by atoms with Crippen molar-refractivity contribution in [1.82, 2.24) is 14.6 Å². The molecule has 0 bridgehead atoms. The Bertz CT molecular complexity index is 537. The zero-order valence-corrected chi connectivity index (χ0v) is 13.3. The molecule has 2 rings (SSSR count). The molecule has 3 N–H and O–H groups in total. The van der Waals surface area contributed by atoms with Gasteiger partial charge in [-0.2, -0.15) is 0 Å². The Morgan fingerprint density at radius 3 is 2.62 bits per heavy atom. The Balaban J connectivity index is 1.89. The summed E-state index contributed by atoms with van der Waals surface area (Å²) in [6.07, 6.45) is 3.45. The van der Waals surface area contributed by atoms with Crippen LogP contribution in [-0.4, -0.2) is 44.5 Å². The van der Waals surface area contributed by atoms with E-state index in [1.54, 1.807) is 12.1 Å². The lowest BCUT2D eigenvalue weighted by molar-refractivity contribution is 0.194. The van der Waals surface area contributed by atoms with Gasteiger partial charge in [-0.3, -0.25) is 4.98 Å². The molecule has 0 aromatic carbocycles. The Labute approximate surface area is 126 Å². The van der Waals surface area contributed by atoms with Gasteiger partial charge in [-0.05, 0) is 50.5 Å². The van der Waals surface area contributed by atoms with E-state index in [-0.39, 0.29) is 4.90 Å². The number of aromatic nitrogens is 1. The van der Waals surface area contributed by atoms with Crippen LogP contribution in [-0.2, 0) is 16.6 Å². The van der Waals surface area contributed by atoms with E-state index >= 15 is 0 Å². The van der Waals surface area contributed by atoms with Gasteiger partial charge < -0.3 is 10.6 Å². The number of hydrogen-bond acceptors (Lipinski definition) is 5. The maximum atomic E-state index is 12.2. The van der Waals surface area contributed by atoms with Crippen LogP contribution in [0.1, 0.15) is 25.5 Å². The van der Waals surface area contributed by atoms with Crippen LogP contribution in [0.5, 0.6) is 0 Å². The molecule has 0 aliphatic carbocycles. The summed E-state index contributed by atoms with van der Waals surface area (Å²) in [6, 6.07) is 3.20. The SMILES string of the molecule is CCN1CCC(CNS(=O)(=O)c2ccc(CN)nc2)CC1. The van der Waals surface area contributed by atoms with Crippen LogP contribution in [0, 0.1) is 5.92 Å². The number of nitrogens with one attached hydrogen (secondary N) is 1. The van der Waals surface area contributed by atoms with Gasteiger partial charge in [0.15, 0.2) is 0 Å². The second-order valence-corrected chi connectivity index (χ2v) is 7.19. The summed E-state index contributed by atoms with van der Waals surface area (Å²) in [4.78, 5) is 6.62. The average molecular weight is 312 g/mol. The van der Waals surface area contributed by atoms with Crippen molar-refractivity contribution in [1.29, 1.82) is 0 Å². The summed E-state index contributed by atoms with van der Waals surface area (Å²) >= 11 is 0. The van der Waals surface area contributed by atoms with Crippen LogP contribution in [0.3, 0.4) is 0 Å². The van der Waals surface area contributed by atoms with Gasteiger partial charge in [0, 0.05) is 19.3 Å². The van der Waals surface area contributed by atoms with E-state index in [0.29, 0.717) is 24.7 Å². The molecule has 0 saturated carbocycles. The van der Waals surface area contributed by atoms with E-state index in [1.165, 1.54) is 6.20 Å². The van der Waals surface area contributed by atoms with Crippen LogP contribution in [0.15, 0.2) is 23.2 Å². The molecule has 118 valence electrons. The quantitative estimate of drug-likeness (QED) is 0.801. The largest absolute Gasteiger partial charge is 0.325 e. The molecule has 0 radical (unpaired) electrons. The third-order valence-corrected chi connectivity index (χ3v) is 5.44. The topological polar surface area (TPSA) is 88.3 Å². The van der Waals surface area contributed by atoms with Crippen molar-refractivity contribution in [3.05, 3.63) is 24.0 Å². The predicted octanol–water partition coefficient (Wildman–Crippen LogP) is 0.551. The standard InChI is InChI=1S/C14H24N4O2S/c1-2-18-7-5-12(6-8-18)10-17-21(19,20)14-4-3-13(9-15)16-11-14/h3-4,11-12,17H,2,5-10,15H2,1H3. The molecule has 0 unspecified atom stereocenters. The van der Waals surface area contributed by atoms with Gasteiger partial charge in [-0.1, -0.05) is 6.92 Å². The number of pyridine rings is 1. The zero-order chi connectivity index (χ0) is 15.3. The lowest BCUT2D eigenvalue weighted by Gasteiger charge is -2.30. The molecule has 0 atom stereocenters. The maximum Gasteiger partial charge on any atom is 0.242 e. The first-order chi connectivity index (χ1) is 10.0. The highest BCUT2D eigenvalue weighted by Crippen LogP contribution is 2.17. The second kappa shape index (κ2) is 7.31. The fourth-order valence-electron chi connectivity index (χ4n) is 2.51. The van der Waals surface area contributed by atoms with Crippen molar-refractivity contribution in [2.45, 2.75) is 31.2 Å². The highest BCUT2D eigenvalue weighted by atomic mass is 32.2. The van der Waals surface area contributed by atoms with Crippen molar-refractivity contribution in [3.8, 4) is 0 Å². The average Bonchev–Trinajstić information content (AvgIpc) is 2.53. The molecule has 0 spiro atoms. The Kier molecular flexibility index (Phi) is 5.69. The molecule has 1 aromatic heterocycles. The molecular formula is C14H24N4O2S.